The third-order valence-corrected chi connectivity index (χ3v) is 4.57. The van der Waals surface area contributed by atoms with E-state index in [-0.39, 0.29) is 24.6 Å². The molecular weight excluding hydrogens is 264 g/mol. The predicted molar refractivity (Wildman–Crippen MR) is 66.2 cm³/mol. The number of hydrogen-bond acceptors (Lipinski definition) is 4. The van der Waals surface area contributed by atoms with Gasteiger partial charge in [-0.1, -0.05) is 17.7 Å². The van der Waals surface area contributed by atoms with Crippen LogP contribution in [0.15, 0.2) is 23.1 Å². The number of halogens is 1. The van der Waals surface area contributed by atoms with E-state index in [1.807, 2.05) is 0 Å². The molecule has 0 aliphatic rings. The van der Waals surface area contributed by atoms with E-state index in [1.54, 1.807) is 6.07 Å². The Balaban J connectivity index is 3.12. The zero-order valence-corrected chi connectivity index (χ0v) is 11.0. The molecule has 0 bridgehead atoms. The van der Waals surface area contributed by atoms with Gasteiger partial charge in [0.05, 0.1) is 11.5 Å². The van der Waals surface area contributed by atoms with Crippen molar-refractivity contribution in [3.05, 3.63) is 28.8 Å². The maximum atomic E-state index is 12.0. The summed E-state index contributed by atoms with van der Waals surface area (Å²) in [6, 6.07) is 4.41. The lowest BCUT2D eigenvalue weighted by Crippen LogP contribution is -2.29. The molecular formula is C10H15ClN2O3S. The van der Waals surface area contributed by atoms with Crippen LogP contribution < -0.4 is 5.73 Å². The van der Waals surface area contributed by atoms with Crippen LogP contribution >= 0.6 is 11.6 Å². The van der Waals surface area contributed by atoms with Gasteiger partial charge in [0.2, 0.25) is 10.0 Å². The van der Waals surface area contributed by atoms with Gasteiger partial charge in [-0.2, -0.15) is 4.31 Å². The van der Waals surface area contributed by atoms with Crippen molar-refractivity contribution < 1.29 is 13.5 Å². The van der Waals surface area contributed by atoms with Crippen LogP contribution in [0, 0.1) is 0 Å². The van der Waals surface area contributed by atoms with E-state index in [0.29, 0.717) is 10.6 Å². The highest BCUT2D eigenvalue weighted by Gasteiger charge is 2.20. The second kappa shape index (κ2) is 5.79. The van der Waals surface area contributed by atoms with Gasteiger partial charge in [-0.3, -0.25) is 0 Å². The number of sulfonamides is 1. The number of nitrogens with zero attached hydrogens (tertiary/aromatic N) is 1. The molecule has 0 saturated heterocycles. The van der Waals surface area contributed by atoms with Crippen molar-refractivity contribution in [3.63, 3.8) is 0 Å². The highest BCUT2D eigenvalue weighted by molar-refractivity contribution is 7.89. The summed E-state index contributed by atoms with van der Waals surface area (Å²) in [5.74, 6) is 0. The molecule has 0 heterocycles. The maximum Gasteiger partial charge on any atom is 0.242 e. The number of likely N-dealkylation sites (N-methyl/N-ethyl adjacent to an activating group) is 1. The highest BCUT2D eigenvalue weighted by Crippen LogP contribution is 2.22. The first-order chi connectivity index (χ1) is 7.93. The van der Waals surface area contributed by atoms with Gasteiger partial charge >= 0.3 is 0 Å². The standard InChI is InChI=1S/C10H15ClN2O3S/c1-13(4-5-14)17(15,16)9-3-2-8(7-12)10(11)6-9/h2-3,6,14H,4-5,7,12H2,1H3. The lowest BCUT2D eigenvalue weighted by molar-refractivity contribution is 0.266. The van der Waals surface area contributed by atoms with Gasteiger partial charge in [0.15, 0.2) is 0 Å². The molecule has 0 aliphatic heterocycles. The molecule has 17 heavy (non-hydrogen) atoms. The van der Waals surface area contributed by atoms with E-state index in [2.05, 4.69) is 0 Å². The zero-order chi connectivity index (χ0) is 13.1. The van der Waals surface area contributed by atoms with Crippen LogP contribution in [0.1, 0.15) is 5.56 Å². The van der Waals surface area contributed by atoms with Gasteiger partial charge in [-0.05, 0) is 17.7 Å². The van der Waals surface area contributed by atoms with E-state index in [9.17, 15) is 8.42 Å². The topological polar surface area (TPSA) is 83.6 Å². The third kappa shape index (κ3) is 3.17. The average molecular weight is 279 g/mol. The molecule has 0 spiro atoms. The molecule has 0 saturated carbocycles. The summed E-state index contributed by atoms with van der Waals surface area (Å²) in [6.07, 6.45) is 0. The van der Waals surface area contributed by atoms with Crippen LogP contribution in [0.3, 0.4) is 0 Å². The molecule has 0 radical (unpaired) electrons. The van der Waals surface area contributed by atoms with Crippen molar-refractivity contribution in [1.82, 2.24) is 4.31 Å². The fourth-order valence-corrected chi connectivity index (χ4v) is 2.81. The molecule has 96 valence electrons. The lowest BCUT2D eigenvalue weighted by atomic mass is 10.2. The van der Waals surface area contributed by atoms with Crippen LogP contribution in [0.2, 0.25) is 5.02 Å². The van der Waals surface area contributed by atoms with Crippen molar-refractivity contribution in [3.8, 4) is 0 Å². The summed E-state index contributed by atoms with van der Waals surface area (Å²) in [5, 5.41) is 9.06. The monoisotopic (exact) mass is 278 g/mol. The van der Waals surface area contributed by atoms with E-state index in [0.717, 1.165) is 4.31 Å². The first-order valence-corrected chi connectivity index (χ1v) is 6.81. The maximum absolute atomic E-state index is 12.0. The molecule has 0 aliphatic carbocycles. The zero-order valence-electron chi connectivity index (χ0n) is 9.43. The summed E-state index contributed by atoms with van der Waals surface area (Å²) in [7, 11) is -2.20. The Kier molecular flexibility index (Phi) is 4.91. The Bertz CT molecular complexity index is 490. The summed E-state index contributed by atoms with van der Waals surface area (Å²) >= 11 is 5.90. The van der Waals surface area contributed by atoms with Crippen molar-refractivity contribution in [2.24, 2.45) is 5.73 Å². The second-order valence-electron chi connectivity index (χ2n) is 3.51. The van der Waals surface area contributed by atoms with Crippen molar-refractivity contribution >= 4 is 21.6 Å². The number of benzene rings is 1. The van der Waals surface area contributed by atoms with E-state index in [4.69, 9.17) is 22.4 Å². The molecule has 5 nitrogen and oxygen atoms in total. The number of hydrogen-bond donors (Lipinski definition) is 2. The smallest absolute Gasteiger partial charge is 0.242 e. The molecule has 1 aromatic rings. The molecule has 0 aromatic heterocycles. The van der Waals surface area contributed by atoms with Gasteiger partial charge < -0.3 is 10.8 Å². The van der Waals surface area contributed by atoms with E-state index in [1.165, 1.54) is 19.2 Å². The van der Waals surface area contributed by atoms with Gasteiger partial charge in [0.1, 0.15) is 0 Å². The quantitative estimate of drug-likeness (QED) is 0.817. The van der Waals surface area contributed by atoms with Gasteiger partial charge in [0, 0.05) is 25.2 Å². The van der Waals surface area contributed by atoms with Crippen molar-refractivity contribution in [2.45, 2.75) is 11.4 Å². The Morgan fingerprint density at radius 1 is 1.47 bits per heavy atom. The summed E-state index contributed by atoms with van der Waals surface area (Å²) in [4.78, 5) is 0.0932. The Hall–Kier alpha value is -0.660. The minimum atomic E-state index is -3.60. The number of aliphatic hydroxyl groups excluding tert-OH is 1. The Morgan fingerprint density at radius 3 is 2.59 bits per heavy atom. The molecule has 0 atom stereocenters. The predicted octanol–water partition coefficient (Wildman–Crippen LogP) is 0.411. The largest absolute Gasteiger partial charge is 0.395 e. The molecule has 0 unspecified atom stereocenters. The fourth-order valence-electron chi connectivity index (χ4n) is 1.29. The van der Waals surface area contributed by atoms with Crippen LogP contribution in [0.5, 0.6) is 0 Å². The minimum absolute atomic E-state index is 0.0403. The summed E-state index contributed by atoms with van der Waals surface area (Å²) in [6.45, 7) is 0.0641. The van der Waals surface area contributed by atoms with E-state index < -0.39 is 10.0 Å². The van der Waals surface area contributed by atoms with Crippen LogP contribution in [-0.4, -0.2) is 38.0 Å². The molecule has 1 aromatic carbocycles. The molecule has 0 amide bonds. The normalized spacial score (nSPS) is 12.1. The SMILES string of the molecule is CN(CCO)S(=O)(=O)c1ccc(CN)c(Cl)c1. The minimum Gasteiger partial charge on any atom is -0.395 e. The van der Waals surface area contributed by atoms with Crippen molar-refractivity contribution in [1.29, 1.82) is 0 Å². The highest BCUT2D eigenvalue weighted by atomic mass is 35.5. The number of rotatable bonds is 5. The van der Waals surface area contributed by atoms with Crippen LogP contribution in [0.4, 0.5) is 0 Å². The number of aliphatic hydroxyl groups is 1. The van der Waals surface area contributed by atoms with Crippen LogP contribution in [0.25, 0.3) is 0 Å². The summed E-state index contributed by atoms with van der Waals surface area (Å²) in [5.41, 5.74) is 6.13. The van der Waals surface area contributed by atoms with Crippen molar-refractivity contribution in [2.75, 3.05) is 20.2 Å². The number of nitrogens with two attached hydrogens (primary N) is 1. The van der Waals surface area contributed by atoms with Gasteiger partial charge in [0.25, 0.3) is 0 Å². The Morgan fingerprint density at radius 2 is 2.12 bits per heavy atom. The second-order valence-corrected chi connectivity index (χ2v) is 5.96. The van der Waals surface area contributed by atoms with E-state index >= 15 is 0 Å². The first-order valence-electron chi connectivity index (χ1n) is 4.99. The first kappa shape index (κ1) is 14.4. The lowest BCUT2D eigenvalue weighted by Gasteiger charge is -2.16. The van der Waals surface area contributed by atoms with Gasteiger partial charge in [-0.25, -0.2) is 8.42 Å². The molecule has 1 rings (SSSR count). The Labute approximate surface area is 106 Å². The van der Waals surface area contributed by atoms with Gasteiger partial charge in [-0.15, -0.1) is 0 Å². The fraction of sp³-hybridized carbons (Fsp3) is 0.400. The average Bonchev–Trinajstić information content (AvgIpc) is 2.29. The summed E-state index contributed by atoms with van der Waals surface area (Å²) < 4.78 is 25.1. The molecule has 0 fully saturated rings. The molecule has 3 N–H and O–H groups in total. The molecule has 7 heteroatoms. The van der Waals surface area contributed by atoms with Crippen LogP contribution in [-0.2, 0) is 16.6 Å². The third-order valence-electron chi connectivity index (χ3n) is 2.37.